The first-order chi connectivity index (χ1) is 9.51. The summed E-state index contributed by atoms with van der Waals surface area (Å²) >= 11 is 3.26. The molecule has 0 aliphatic carbocycles. The van der Waals surface area contributed by atoms with E-state index in [1.165, 1.54) is 0 Å². The van der Waals surface area contributed by atoms with Gasteiger partial charge in [0.25, 0.3) is 0 Å². The molecule has 0 amide bonds. The molecule has 0 aliphatic rings. The molecular formula is C14H15BrN2O2S. The Morgan fingerprint density at radius 2 is 1.70 bits per heavy atom. The molecule has 0 atom stereocenters. The predicted molar refractivity (Wildman–Crippen MR) is 82.5 cm³/mol. The Morgan fingerprint density at radius 3 is 2.30 bits per heavy atom. The zero-order valence-corrected chi connectivity index (χ0v) is 13.1. The topological polar surface area (TPSA) is 72.2 Å². The molecule has 0 bridgehead atoms. The van der Waals surface area contributed by atoms with E-state index in [-0.39, 0.29) is 11.4 Å². The van der Waals surface area contributed by atoms with Crippen LogP contribution in [0.1, 0.15) is 11.1 Å². The third-order valence-corrected chi connectivity index (χ3v) is 4.72. The SMILES string of the molecule is NCc1ccc(CNS(=O)(=O)c2cccc(Br)c2)cc1. The zero-order valence-electron chi connectivity index (χ0n) is 10.7. The summed E-state index contributed by atoms with van der Waals surface area (Å²) in [5, 5.41) is 0. The van der Waals surface area contributed by atoms with Crippen molar-refractivity contribution >= 4 is 26.0 Å². The number of sulfonamides is 1. The Morgan fingerprint density at radius 1 is 1.05 bits per heavy atom. The van der Waals surface area contributed by atoms with Crippen molar-refractivity contribution in [2.75, 3.05) is 0 Å². The van der Waals surface area contributed by atoms with Crippen LogP contribution in [0.4, 0.5) is 0 Å². The highest BCUT2D eigenvalue weighted by Crippen LogP contribution is 2.16. The van der Waals surface area contributed by atoms with Crippen molar-refractivity contribution in [2.24, 2.45) is 5.73 Å². The first-order valence-electron chi connectivity index (χ1n) is 6.04. The lowest BCUT2D eigenvalue weighted by molar-refractivity contribution is 0.581. The molecule has 0 fully saturated rings. The third kappa shape index (κ3) is 3.89. The Labute approximate surface area is 127 Å². The van der Waals surface area contributed by atoms with Gasteiger partial charge in [-0.3, -0.25) is 0 Å². The van der Waals surface area contributed by atoms with Gasteiger partial charge in [-0.15, -0.1) is 0 Å². The minimum absolute atomic E-state index is 0.241. The van der Waals surface area contributed by atoms with Crippen LogP contribution in [0, 0.1) is 0 Å². The molecule has 3 N–H and O–H groups in total. The third-order valence-electron chi connectivity index (χ3n) is 2.83. The average molecular weight is 355 g/mol. The van der Waals surface area contributed by atoms with Gasteiger partial charge in [-0.05, 0) is 29.3 Å². The summed E-state index contributed by atoms with van der Waals surface area (Å²) in [6, 6.07) is 14.1. The standard InChI is InChI=1S/C14H15BrN2O2S/c15-13-2-1-3-14(8-13)20(18,19)17-10-12-6-4-11(9-16)5-7-12/h1-8,17H,9-10,16H2. The van der Waals surface area contributed by atoms with Crippen molar-refractivity contribution in [1.29, 1.82) is 0 Å². The number of nitrogens with two attached hydrogens (primary N) is 1. The van der Waals surface area contributed by atoms with Crippen molar-refractivity contribution in [1.82, 2.24) is 4.72 Å². The second-order valence-electron chi connectivity index (χ2n) is 4.30. The van der Waals surface area contributed by atoms with Gasteiger partial charge in [-0.1, -0.05) is 46.3 Å². The van der Waals surface area contributed by atoms with Gasteiger partial charge in [0.1, 0.15) is 0 Å². The number of hydrogen-bond donors (Lipinski definition) is 2. The van der Waals surface area contributed by atoms with Crippen molar-refractivity contribution in [3.8, 4) is 0 Å². The molecule has 2 rings (SSSR count). The van der Waals surface area contributed by atoms with Crippen LogP contribution in [0.25, 0.3) is 0 Å². The molecule has 0 saturated carbocycles. The predicted octanol–water partition coefficient (Wildman–Crippen LogP) is 2.39. The lowest BCUT2D eigenvalue weighted by Crippen LogP contribution is -2.23. The van der Waals surface area contributed by atoms with E-state index in [1.54, 1.807) is 24.3 Å². The molecular weight excluding hydrogens is 340 g/mol. The largest absolute Gasteiger partial charge is 0.326 e. The molecule has 106 valence electrons. The van der Waals surface area contributed by atoms with Crippen molar-refractivity contribution < 1.29 is 8.42 Å². The maximum atomic E-state index is 12.1. The molecule has 20 heavy (non-hydrogen) atoms. The molecule has 0 aliphatic heterocycles. The summed E-state index contributed by atoms with van der Waals surface area (Å²) in [4.78, 5) is 0.241. The fourth-order valence-corrected chi connectivity index (χ4v) is 3.30. The lowest BCUT2D eigenvalue weighted by Gasteiger charge is -2.07. The van der Waals surface area contributed by atoms with E-state index in [0.29, 0.717) is 6.54 Å². The van der Waals surface area contributed by atoms with Crippen molar-refractivity contribution in [3.63, 3.8) is 0 Å². The minimum Gasteiger partial charge on any atom is -0.326 e. The smallest absolute Gasteiger partial charge is 0.240 e. The number of benzene rings is 2. The van der Waals surface area contributed by atoms with Crippen LogP contribution in [0.3, 0.4) is 0 Å². The van der Waals surface area contributed by atoms with E-state index in [9.17, 15) is 8.42 Å². The second kappa shape index (κ2) is 6.49. The Hall–Kier alpha value is -1.21. The van der Waals surface area contributed by atoms with Crippen LogP contribution in [-0.4, -0.2) is 8.42 Å². The zero-order chi connectivity index (χ0) is 14.6. The van der Waals surface area contributed by atoms with Crippen molar-refractivity contribution in [2.45, 2.75) is 18.0 Å². The van der Waals surface area contributed by atoms with E-state index in [2.05, 4.69) is 20.7 Å². The number of halogens is 1. The highest BCUT2D eigenvalue weighted by atomic mass is 79.9. The molecule has 0 spiro atoms. The fraction of sp³-hybridized carbons (Fsp3) is 0.143. The number of rotatable bonds is 5. The molecule has 6 heteroatoms. The highest BCUT2D eigenvalue weighted by molar-refractivity contribution is 9.10. The maximum absolute atomic E-state index is 12.1. The molecule has 2 aromatic rings. The molecule has 2 aromatic carbocycles. The van der Waals surface area contributed by atoms with Gasteiger partial charge in [-0.25, -0.2) is 13.1 Å². The van der Waals surface area contributed by atoms with E-state index < -0.39 is 10.0 Å². The summed E-state index contributed by atoms with van der Waals surface area (Å²) in [6.07, 6.45) is 0. The van der Waals surface area contributed by atoms with Crippen molar-refractivity contribution in [3.05, 3.63) is 64.1 Å². The summed E-state index contributed by atoms with van der Waals surface area (Å²) in [5.74, 6) is 0. The summed E-state index contributed by atoms with van der Waals surface area (Å²) in [5.41, 5.74) is 7.42. The van der Waals surface area contributed by atoms with Gasteiger partial charge in [0.2, 0.25) is 10.0 Å². The molecule has 0 radical (unpaired) electrons. The van der Waals surface area contributed by atoms with Crippen LogP contribution < -0.4 is 10.5 Å². The highest BCUT2D eigenvalue weighted by Gasteiger charge is 2.13. The Bertz CT molecular complexity index is 685. The van der Waals surface area contributed by atoms with Crippen LogP contribution >= 0.6 is 15.9 Å². The lowest BCUT2D eigenvalue weighted by atomic mass is 10.1. The van der Waals surface area contributed by atoms with E-state index in [1.807, 2.05) is 24.3 Å². The van der Waals surface area contributed by atoms with Crippen LogP contribution in [-0.2, 0) is 23.1 Å². The van der Waals surface area contributed by atoms with Crippen LogP contribution in [0.5, 0.6) is 0 Å². The van der Waals surface area contributed by atoms with Crippen LogP contribution in [0.2, 0.25) is 0 Å². The van der Waals surface area contributed by atoms with Crippen LogP contribution in [0.15, 0.2) is 57.9 Å². The molecule has 0 saturated heterocycles. The van der Waals surface area contributed by atoms with Gasteiger partial charge in [0.05, 0.1) is 4.90 Å². The normalized spacial score (nSPS) is 11.5. The monoisotopic (exact) mass is 354 g/mol. The number of hydrogen-bond acceptors (Lipinski definition) is 3. The Kier molecular flexibility index (Phi) is 4.93. The second-order valence-corrected chi connectivity index (χ2v) is 6.99. The van der Waals surface area contributed by atoms with E-state index >= 15 is 0 Å². The first kappa shape index (κ1) is 15.2. The molecule has 0 aromatic heterocycles. The molecule has 0 heterocycles. The van der Waals surface area contributed by atoms with Gasteiger partial charge < -0.3 is 5.73 Å². The quantitative estimate of drug-likeness (QED) is 0.865. The summed E-state index contributed by atoms with van der Waals surface area (Å²) in [6.45, 7) is 0.726. The van der Waals surface area contributed by atoms with Gasteiger partial charge in [0, 0.05) is 17.6 Å². The maximum Gasteiger partial charge on any atom is 0.240 e. The van der Waals surface area contributed by atoms with E-state index in [4.69, 9.17) is 5.73 Å². The van der Waals surface area contributed by atoms with Gasteiger partial charge in [-0.2, -0.15) is 0 Å². The minimum atomic E-state index is -3.50. The van der Waals surface area contributed by atoms with Gasteiger partial charge >= 0.3 is 0 Å². The molecule has 4 nitrogen and oxygen atoms in total. The summed E-state index contributed by atoms with van der Waals surface area (Å²) < 4.78 is 27.6. The van der Waals surface area contributed by atoms with E-state index in [0.717, 1.165) is 15.6 Å². The fourth-order valence-electron chi connectivity index (χ4n) is 1.69. The van der Waals surface area contributed by atoms with Gasteiger partial charge in [0.15, 0.2) is 0 Å². The number of nitrogens with one attached hydrogen (secondary N) is 1. The summed E-state index contributed by atoms with van der Waals surface area (Å²) in [7, 11) is -3.50. The molecule has 0 unspecified atom stereocenters. The average Bonchev–Trinajstić information content (AvgIpc) is 2.46. The first-order valence-corrected chi connectivity index (χ1v) is 8.32. The Balaban J connectivity index is 2.09.